The summed E-state index contributed by atoms with van der Waals surface area (Å²) in [6, 6.07) is 1.90. The van der Waals surface area contributed by atoms with E-state index in [9.17, 15) is 9.59 Å². The Bertz CT molecular complexity index is 458. The van der Waals surface area contributed by atoms with Crippen molar-refractivity contribution in [3.8, 4) is 0 Å². The second-order valence-electron chi connectivity index (χ2n) is 4.98. The minimum atomic E-state index is -0.477. The first-order valence-corrected chi connectivity index (χ1v) is 6.96. The van der Waals surface area contributed by atoms with Crippen LogP contribution in [0.15, 0.2) is 17.5 Å². The molecule has 1 rings (SSSR count). The van der Waals surface area contributed by atoms with Crippen LogP contribution in [0.4, 0.5) is 4.79 Å². The molecule has 0 bridgehead atoms. The van der Waals surface area contributed by atoms with E-state index in [0.29, 0.717) is 13.0 Å². The van der Waals surface area contributed by atoms with Crippen molar-refractivity contribution in [1.29, 1.82) is 0 Å². The predicted octanol–water partition coefficient (Wildman–Crippen LogP) is 3.49. The lowest BCUT2D eigenvalue weighted by Gasteiger charge is -2.19. The maximum absolute atomic E-state index is 11.3. The van der Waals surface area contributed by atoms with Crippen LogP contribution in [-0.2, 0) is 4.74 Å². The molecule has 1 aromatic rings. The van der Waals surface area contributed by atoms with Gasteiger partial charge in [-0.15, -0.1) is 11.3 Å². The summed E-state index contributed by atoms with van der Waals surface area (Å²) in [6.45, 7) is 5.98. The summed E-state index contributed by atoms with van der Waals surface area (Å²) in [5.74, 6) is 0. The number of hydrogen-bond donors (Lipinski definition) is 1. The number of carbonyl (C=O) groups is 2. The Morgan fingerprint density at radius 1 is 1.47 bits per heavy atom. The Labute approximate surface area is 117 Å². The molecule has 0 atom stereocenters. The molecule has 0 fully saturated rings. The summed E-state index contributed by atoms with van der Waals surface area (Å²) in [4.78, 5) is 22.8. The molecule has 0 saturated carbocycles. The molecular weight excluding hydrogens is 262 g/mol. The van der Waals surface area contributed by atoms with E-state index in [1.165, 1.54) is 11.3 Å². The van der Waals surface area contributed by atoms with Crippen LogP contribution in [-0.4, -0.2) is 24.5 Å². The lowest BCUT2D eigenvalue weighted by atomic mass is 10.2. The summed E-state index contributed by atoms with van der Waals surface area (Å²) in [5, 5.41) is 4.55. The van der Waals surface area contributed by atoms with Gasteiger partial charge in [0, 0.05) is 6.54 Å². The highest BCUT2D eigenvalue weighted by atomic mass is 32.1. The van der Waals surface area contributed by atoms with Gasteiger partial charge in [-0.3, -0.25) is 4.79 Å². The van der Waals surface area contributed by atoms with Crippen LogP contribution in [0.25, 0.3) is 6.08 Å². The second kappa shape index (κ2) is 7.09. The molecule has 19 heavy (non-hydrogen) atoms. The van der Waals surface area contributed by atoms with Gasteiger partial charge in [0.25, 0.3) is 0 Å². The largest absolute Gasteiger partial charge is 0.444 e. The molecule has 1 amide bonds. The number of rotatable bonds is 5. The average molecular weight is 281 g/mol. The van der Waals surface area contributed by atoms with Crippen molar-refractivity contribution in [2.45, 2.75) is 32.8 Å². The number of amides is 1. The normalized spacial score (nSPS) is 11.5. The molecule has 0 unspecified atom stereocenters. The van der Waals surface area contributed by atoms with Crippen LogP contribution in [0.1, 0.15) is 42.4 Å². The predicted molar refractivity (Wildman–Crippen MR) is 77.6 cm³/mol. The van der Waals surface area contributed by atoms with E-state index in [1.807, 2.05) is 44.4 Å². The molecule has 0 radical (unpaired) electrons. The molecule has 0 aliphatic rings. The Morgan fingerprint density at radius 3 is 2.84 bits per heavy atom. The van der Waals surface area contributed by atoms with Crippen LogP contribution in [0.2, 0.25) is 0 Å². The summed E-state index contributed by atoms with van der Waals surface area (Å²) >= 11 is 1.42. The highest BCUT2D eigenvalue weighted by Gasteiger charge is 2.15. The van der Waals surface area contributed by atoms with Gasteiger partial charge in [-0.1, -0.05) is 12.2 Å². The van der Waals surface area contributed by atoms with Crippen molar-refractivity contribution in [3.05, 3.63) is 28.0 Å². The van der Waals surface area contributed by atoms with E-state index in [4.69, 9.17) is 4.74 Å². The zero-order valence-corrected chi connectivity index (χ0v) is 12.3. The minimum Gasteiger partial charge on any atom is -0.444 e. The Kier molecular flexibility index (Phi) is 5.76. The summed E-state index contributed by atoms with van der Waals surface area (Å²) < 4.78 is 5.11. The van der Waals surface area contributed by atoms with Crippen LogP contribution in [0.5, 0.6) is 0 Å². The average Bonchev–Trinajstić information content (AvgIpc) is 2.73. The first-order chi connectivity index (χ1) is 8.92. The third-order valence-electron chi connectivity index (χ3n) is 2.11. The molecule has 0 spiro atoms. The summed E-state index contributed by atoms with van der Waals surface area (Å²) in [7, 11) is 0. The van der Waals surface area contributed by atoms with Gasteiger partial charge in [0.2, 0.25) is 0 Å². The standard InChI is InChI=1S/C14H19NO3S/c1-14(2,3)18-13(17)15-8-5-4-6-11-7-9-19-12(11)10-16/h4,6-7,9-10H,5,8H2,1-3H3,(H,15,17). The summed E-state index contributed by atoms with van der Waals surface area (Å²) in [5.41, 5.74) is 0.437. The van der Waals surface area contributed by atoms with E-state index in [0.717, 1.165) is 16.7 Å². The fraction of sp³-hybridized carbons (Fsp3) is 0.429. The highest BCUT2D eigenvalue weighted by molar-refractivity contribution is 7.11. The molecule has 0 aliphatic heterocycles. The summed E-state index contributed by atoms with van der Waals surface area (Å²) in [6.07, 6.45) is 4.94. The zero-order valence-electron chi connectivity index (χ0n) is 11.4. The topological polar surface area (TPSA) is 55.4 Å². The van der Waals surface area contributed by atoms with E-state index >= 15 is 0 Å². The van der Waals surface area contributed by atoms with Crippen LogP contribution >= 0.6 is 11.3 Å². The molecule has 104 valence electrons. The second-order valence-corrected chi connectivity index (χ2v) is 5.93. The van der Waals surface area contributed by atoms with Crippen molar-refractivity contribution >= 4 is 29.8 Å². The fourth-order valence-corrected chi connectivity index (χ4v) is 2.04. The van der Waals surface area contributed by atoms with Gasteiger partial charge in [0.1, 0.15) is 5.60 Å². The molecule has 0 saturated heterocycles. The number of alkyl carbamates (subject to hydrolysis) is 1. The molecule has 4 nitrogen and oxygen atoms in total. The van der Waals surface area contributed by atoms with E-state index < -0.39 is 11.7 Å². The van der Waals surface area contributed by atoms with E-state index in [-0.39, 0.29) is 0 Å². The van der Waals surface area contributed by atoms with Gasteiger partial charge < -0.3 is 10.1 Å². The number of thiophene rings is 1. The minimum absolute atomic E-state index is 0.412. The number of carbonyl (C=O) groups excluding carboxylic acids is 2. The van der Waals surface area contributed by atoms with Gasteiger partial charge in [0.05, 0.1) is 4.88 Å². The van der Waals surface area contributed by atoms with Crippen molar-refractivity contribution < 1.29 is 14.3 Å². The quantitative estimate of drug-likeness (QED) is 0.664. The number of nitrogens with one attached hydrogen (secondary N) is 1. The monoisotopic (exact) mass is 281 g/mol. The van der Waals surface area contributed by atoms with Gasteiger partial charge in [-0.2, -0.15) is 0 Å². The van der Waals surface area contributed by atoms with Crippen molar-refractivity contribution in [2.75, 3.05) is 6.54 Å². The molecular formula is C14H19NO3S. The van der Waals surface area contributed by atoms with Crippen molar-refractivity contribution in [3.63, 3.8) is 0 Å². The first-order valence-electron chi connectivity index (χ1n) is 6.08. The zero-order chi connectivity index (χ0) is 14.3. The molecule has 1 N–H and O–H groups in total. The first kappa shape index (κ1) is 15.4. The Balaban J connectivity index is 2.28. The maximum atomic E-state index is 11.3. The van der Waals surface area contributed by atoms with Gasteiger partial charge >= 0.3 is 6.09 Å². The smallest absolute Gasteiger partial charge is 0.407 e. The van der Waals surface area contributed by atoms with Crippen LogP contribution < -0.4 is 5.32 Å². The fourth-order valence-electron chi connectivity index (χ4n) is 1.35. The molecule has 1 aromatic heterocycles. The van der Waals surface area contributed by atoms with Crippen molar-refractivity contribution in [1.82, 2.24) is 5.32 Å². The van der Waals surface area contributed by atoms with Crippen LogP contribution in [0.3, 0.4) is 0 Å². The maximum Gasteiger partial charge on any atom is 0.407 e. The third kappa shape index (κ3) is 6.20. The van der Waals surface area contributed by atoms with E-state index in [1.54, 1.807) is 0 Å². The van der Waals surface area contributed by atoms with Crippen molar-refractivity contribution in [2.24, 2.45) is 0 Å². The van der Waals surface area contributed by atoms with Crippen LogP contribution in [0, 0.1) is 0 Å². The molecule has 1 heterocycles. The SMILES string of the molecule is CC(C)(C)OC(=O)NCCC=Cc1ccsc1C=O. The third-order valence-corrected chi connectivity index (χ3v) is 2.97. The molecule has 0 aromatic carbocycles. The Hall–Kier alpha value is -1.62. The molecule has 0 aliphatic carbocycles. The lowest BCUT2D eigenvalue weighted by Crippen LogP contribution is -2.32. The number of ether oxygens (including phenoxy) is 1. The molecule has 5 heteroatoms. The highest BCUT2D eigenvalue weighted by Crippen LogP contribution is 2.15. The van der Waals surface area contributed by atoms with Gasteiger partial charge in [-0.05, 0) is 44.2 Å². The number of aldehydes is 1. The lowest BCUT2D eigenvalue weighted by molar-refractivity contribution is 0.0528. The number of hydrogen-bond acceptors (Lipinski definition) is 4. The van der Waals surface area contributed by atoms with E-state index in [2.05, 4.69) is 5.32 Å². The Morgan fingerprint density at radius 2 is 2.21 bits per heavy atom. The van der Waals surface area contributed by atoms with Gasteiger partial charge in [0.15, 0.2) is 6.29 Å². The van der Waals surface area contributed by atoms with Gasteiger partial charge in [-0.25, -0.2) is 4.79 Å².